The number of aliphatic hydroxyl groups excluding tert-OH is 1. The highest BCUT2D eigenvalue weighted by Gasteiger charge is 2.24. The van der Waals surface area contributed by atoms with E-state index in [0.29, 0.717) is 16.7 Å². The molecule has 0 spiro atoms. The van der Waals surface area contributed by atoms with E-state index in [1.165, 1.54) is 0 Å². The van der Waals surface area contributed by atoms with Gasteiger partial charge in [0, 0.05) is 11.5 Å². The Morgan fingerprint density at radius 3 is 2.81 bits per heavy atom. The minimum atomic E-state index is -0.637. The molecule has 1 N–H and O–H groups in total. The molecule has 0 aromatic heterocycles. The Morgan fingerprint density at radius 2 is 2.19 bits per heavy atom. The summed E-state index contributed by atoms with van der Waals surface area (Å²) < 4.78 is 5.52. The van der Waals surface area contributed by atoms with Gasteiger partial charge in [-0.3, -0.25) is 0 Å². The highest BCUT2D eigenvalue weighted by Crippen LogP contribution is 2.30. The van der Waals surface area contributed by atoms with E-state index < -0.39 is 6.10 Å². The first-order valence-corrected chi connectivity index (χ1v) is 6.92. The van der Waals surface area contributed by atoms with Crippen molar-refractivity contribution < 1.29 is 9.84 Å². The highest BCUT2D eigenvalue weighted by molar-refractivity contribution is 7.99. The van der Waals surface area contributed by atoms with Crippen molar-refractivity contribution in [3.8, 4) is 0 Å². The molecule has 1 saturated heterocycles. The number of ether oxygens (including phenoxy) is 1. The zero-order valence-electron chi connectivity index (χ0n) is 8.53. The first-order valence-electron chi connectivity index (χ1n) is 5.01. The van der Waals surface area contributed by atoms with Crippen LogP contribution >= 0.6 is 35.0 Å². The molecule has 0 radical (unpaired) electrons. The van der Waals surface area contributed by atoms with Gasteiger partial charge < -0.3 is 9.84 Å². The number of halogens is 2. The minimum Gasteiger partial charge on any atom is -0.386 e. The third-order valence-corrected chi connectivity index (χ3v) is 4.24. The van der Waals surface area contributed by atoms with E-state index in [4.69, 9.17) is 27.9 Å². The molecule has 1 heterocycles. The molecule has 2 rings (SSSR count). The Balaban J connectivity index is 2.12. The van der Waals surface area contributed by atoms with Gasteiger partial charge in [0.15, 0.2) is 0 Å². The van der Waals surface area contributed by atoms with Crippen LogP contribution in [-0.4, -0.2) is 29.3 Å². The summed E-state index contributed by atoms with van der Waals surface area (Å²) >= 11 is 13.5. The standard InChI is InChI=1S/C11H12Cl2O2S/c12-8-2-1-7(5-9(8)13)11(14)10-6-16-4-3-15-10/h1-2,5,10-11,14H,3-4,6H2. The fourth-order valence-corrected chi connectivity index (χ4v) is 2.80. The first-order chi connectivity index (χ1) is 7.68. The Bertz CT molecular complexity index is 367. The maximum absolute atomic E-state index is 10.1. The van der Waals surface area contributed by atoms with Crippen LogP contribution in [0.3, 0.4) is 0 Å². The van der Waals surface area contributed by atoms with Crippen molar-refractivity contribution in [2.45, 2.75) is 12.2 Å². The number of aliphatic hydroxyl groups is 1. The van der Waals surface area contributed by atoms with E-state index in [9.17, 15) is 5.11 Å². The highest BCUT2D eigenvalue weighted by atomic mass is 35.5. The molecule has 5 heteroatoms. The lowest BCUT2D eigenvalue weighted by atomic mass is 10.1. The van der Waals surface area contributed by atoms with Crippen LogP contribution in [0.5, 0.6) is 0 Å². The van der Waals surface area contributed by atoms with E-state index in [2.05, 4.69) is 0 Å². The van der Waals surface area contributed by atoms with Crippen molar-refractivity contribution in [3.05, 3.63) is 33.8 Å². The molecule has 0 saturated carbocycles. The fourth-order valence-electron chi connectivity index (χ4n) is 1.60. The van der Waals surface area contributed by atoms with Gasteiger partial charge >= 0.3 is 0 Å². The largest absolute Gasteiger partial charge is 0.386 e. The van der Waals surface area contributed by atoms with Gasteiger partial charge in [0.05, 0.1) is 22.8 Å². The molecule has 2 atom stereocenters. The van der Waals surface area contributed by atoms with Gasteiger partial charge in [-0.1, -0.05) is 29.3 Å². The number of thioether (sulfide) groups is 1. The lowest BCUT2D eigenvalue weighted by molar-refractivity contribution is -0.0227. The molecule has 88 valence electrons. The van der Waals surface area contributed by atoms with E-state index in [1.54, 1.807) is 30.0 Å². The molecule has 0 aliphatic carbocycles. The second kappa shape index (κ2) is 5.61. The van der Waals surface area contributed by atoms with Crippen LogP contribution in [-0.2, 0) is 4.74 Å². The van der Waals surface area contributed by atoms with Crippen molar-refractivity contribution >= 4 is 35.0 Å². The Hall–Kier alpha value is 0.0700. The Kier molecular flexibility index (Phi) is 4.39. The molecule has 0 amide bonds. The van der Waals surface area contributed by atoms with E-state index in [-0.39, 0.29) is 6.10 Å². The number of hydrogen-bond donors (Lipinski definition) is 1. The summed E-state index contributed by atoms with van der Waals surface area (Å²) in [4.78, 5) is 0. The minimum absolute atomic E-state index is 0.156. The van der Waals surface area contributed by atoms with Crippen LogP contribution in [0.15, 0.2) is 18.2 Å². The summed E-state index contributed by atoms with van der Waals surface area (Å²) in [6.07, 6.45) is -0.793. The summed E-state index contributed by atoms with van der Waals surface area (Å²) in [6, 6.07) is 5.16. The SMILES string of the molecule is OC(c1ccc(Cl)c(Cl)c1)C1CSCCO1. The van der Waals surface area contributed by atoms with Crippen molar-refractivity contribution in [3.63, 3.8) is 0 Å². The topological polar surface area (TPSA) is 29.5 Å². The van der Waals surface area contributed by atoms with Crippen LogP contribution < -0.4 is 0 Å². The lowest BCUT2D eigenvalue weighted by Gasteiger charge is -2.27. The Morgan fingerprint density at radius 1 is 1.38 bits per heavy atom. The van der Waals surface area contributed by atoms with Crippen LogP contribution in [0.1, 0.15) is 11.7 Å². The van der Waals surface area contributed by atoms with Crippen LogP contribution in [0.4, 0.5) is 0 Å². The van der Waals surface area contributed by atoms with E-state index in [0.717, 1.165) is 17.1 Å². The maximum Gasteiger partial charge on any atom is 0.106 e. The molecule has 1 aliphatic heterocycles. The van der Waals surface area contributed by atoms with E-state index in [1.807, 2.05) is 0 Å². The van der Waals surface area contributed by atoms with Gasteiger partial charge in [-0.2, -0.15) is 11.8 Å². The third-order valence-electron chi connectivity index (χ3n) is 2.48. The molecule has 0 bridgehead atoms. The van der Waals surface area contributed by atoms with Gasteiger partial charge in [0.1, 0.15) is 6.10 Å². The zero-order valence-corrected chi connectivity index (χ0v) is 10.9. The smallest absolute Gasteiger partial charge is 0.106 e. The van der Waals surface area contributed by atoms with Crippen LogP contribution in [0, 0.1) is 0 Å². The second-order valence-corrected chi connectivity index (χ2v) is 5.57. The summed E-state index contributed by atoms with van der Waals surface area (Å²) in [5.41, 5.74) is 0.752. The van der Waals surface area contributed by atoms with Crippen LogP contribution in [0.25, 0.3) is 0 Å². The molecule has 2 nitrogen and oxygen atoms in total. The molecule has 1 aromatic rings. The van der Waals surface area contributed by atoms with E-state index >= 15 is 0 Å². The summed E-state index contributed by atoms with van der Waals surface area (Å²) in [7, 11) is 0. The molecular formula is C11H12Cl2O2S. The summed E-state index contributed by atoms with van der Waals surface area (Å²) in [6.45, 7) is 0.688. The number of benzene rings is 1. The molecule has 16 heavy (non-hydrogen) atoms. The van der Waals surface area contributed by atoms with Crippen LogP contribution in [0.2, 0.25) is 10.0 Å². The summed E-state index contributed by atoms with van der Waals surface area (Å²) in [5.74, 6) is 1.80. The second-order valence-electron chi connectivity index (χ2n) is 3.60. The lowest BCUT2D eigenvalue weighted by Crippen LogP contribution is -2.29. The molecule has 2 unspecified atom stereocenters. The van der Waals surface area contributed by atoms with Crippen molar-refractivity contribution in [1.82, 2.24) is 0 Å². The monoisotopic (exact) mass is 278 g/mol. The van der Waals surface area contributed by atoms with Crippen molar-refractivity contribution in [1.29, 1.82) is 0 Å². The van der Waals surface area contributed by atoms with Gasteiger partial charge in [-0.05, 0) is 17.7 Å². The number of rotatable bonds is 2. The maximum atomic E-state index is 10.1. The predicted octanol–water partition coefficient (Wildman–Crippen LogP) is 3.16. The molecule has 1 fully saturated rings. The average molecular weight is 279 g/mol. The average Bonchev–Trinajstić information content (AvgIpc) is 2.33. The number of hydrogen-bond acceptors (Lipinski definition) is 3. The predicted molar refractivity (Wildman–Crippen MR) is 68.5 cm³/mol. The quantitative estimate of drug-likeness (QED) is 0.901. The molecule has 1 aromatic carbocycles. The van der Waals surface area contributed by atoms with Gasteiger partial charge in [-0.15, -0.1) is 0 Å². The van der Waals surface area contributed by atoms with Crippen molar-refractivity contribution in [2.75, 3.05) is 18.1 Å². The molecule has 1 aliphatic rings. The normalized spacial score (nSPS) is 23.1. The first kappa shape index (κ1) is 12.5. The molecular weight excluding hydrogens is 267 g/mol. The van der Waals surface area contributed by atoms with Gasteiger partial charge in [-0.25, -0.2) is 0 Å². The van der Waals surface area contributed by atoms with Crippen molar-refractivity contribution in [2.24, 2.45) is 0 Å². The van der Waals surface area contributed by atoms with Gasteiger partial charge in [0.25, 0.3) is 0 Å². The zero-order chi connectivity index (χ0) is 11.5. The summed E-state index contributed by atoms with van der Waals surface area (Å²) in [5, 5.41) is 11.1. The van der Waals surface area contributed by atoms with Gasteiger partial charge in [0.2, 0.25) is 0 Å². The third kappa shape index (κ3) is 2.84. The fraction of sp³-hybridized carbons (Fsp3) is 0.455. The Labute approximate surface area is 109 Å².